The average Bonchev–Trinajstić information content (AvgIpc) is 1.96. The Bertz CT molecular complexity index is 85.5. The fourth-order valence-electron chi connectivity index (χ4n) is 0.342. The smallest absolute Gasteiger partial charge is 0.486 e. The molecular formula is C7H10BrMgN. The van der Waals surface area contributed by atoms with Crippen molar-refractivity contribution in [2.24, 2.45) is 5.73 Å². The average molecular weight is 212 g/mol. The van der Waals surface area contributed by atoms with Crippen molar-refractivity contribution in [1.82, 2.24) is 0 Å². The molecule has 1 aromatic carbocycles. The zero-order valence-electron chi connectivity index (χ0n) is 5.79. The van der Waals surface area contributed by atoms with Gasteiger partial charge in [0.1, 0.15) is 0 Å². The molecule has 0 aliphatic carbocycles. The van der Waals surface area contributed by atoms with Gasteiger partial charge in [0.2, 0.25) is 0 Å². The molecule has 0 spiro atoms. The van der Waals surface area contributed by atoms with E-state index in [1.165, 1.54) is 0 Å². The molecule has 0 saturated carbocycles. The van der Waals surface area contributed by atoms with Crippen molar-refractivity contribution in [3.8, 4) is 0 Å². The molecule has 0 saturated heterocycles. The Morgan fingerprint density at radius 1 is 1.00 bits per heavy atom. The fraction of sp³-hybridized carbons (Fsp3) is 0. The van der Waals surface area contributed by atoms with Gasteiger partial charge in [-0.15, -0.1) is 17.0 Å². The predicted molar refractivity (Wildman–Crippen MR) is 50.9 cm³/mol. The molecule has 1 nitrogen and oxygen atoms in total. The van der Waals surface area contributed by atoms with Crippen LogP contribution >= 0.6 is 17.0 Å². The minimum atomic E-state index is 0. The molecule has 0 aliphatic heterocycles. The normalized spacial score (nSPS) is 5.40. The summed E-state index contributed by atoms with van der Waals surface area (Å²) in [6, 6.07) is 12.5. The Morgan fingerprint density at radius 3 is 1.50 bits per heavy atom. The quantitative estimate of drug-likeness (QED) is 0.511. The molecule has 0 aromatic heterocycles. The van der Waals surface area contributed by atoms with E-state index in [4.69, 9.17) is 0 Å². The molecule has 1 aromatic rings. The molecule has 0 bridgehead atoms. The standard InChI is InChI=1S/C6H5.CH4N.BrH.Mg/c1-2-4-6-5-3-1;1-2;;/h1-5H;1-2H2;1H;/q2*-1;;+2. The van der Waals surface area contributed by atoms with E-state index in [-0.39, 0.29) is 40.0 Å². The van der Waals surface area contributed by atoms with Gasteiger partial charge in [-0.1, -0.05) is 0 Å². The first-order valence-corrected chi connectivity index (χ1v) is 2.32. The van der Waals surface area contributed by atoms with Crippen LogP contribution in [-0.4, -0.2) is 23.1 Å². The number of benzene rings is 1. The maximum Gasteiger partial charge on any atom is 2.00 e. The van der Waals surface area contributed by atoms with Crippen LogP contribution in [0.15, 0.2) is 30.3 Å². The van der Waals surface area contributed by atoms with E-state index in [1.807, 2.05) is 30.3 Å². The van der Waals surface area contributed by atoms with E-state index in [9.17, 15) is 0 Å². The van der Waals surface area contributed by atoms with E-state index >= 15 is 0 Å². The van der Waals surface area contributed by atoms with E-state index in [0.717, 1.165) is 0 Å². The number of rotatable bonds is 0. The zero-order valence-corrected chi connectivity index (χ0v) is 8.91. The molecule has 0 unspecified atom stereocenters. The number of hydrogen-bond acceptors (Lipinski definition) is 1. The molecule has 2 N–H and O–H groups in total. The molecule has 3 heteroatoms. The molecule has 0 aliphatic rings. The molecule has 10 heavy (non-hydrogen) atoms. The van der Waals surface area contributed by atoms with Crippen LogP contribution in [0.1, 0.15) is 0 Å². The van der Waals surface area contributed by atoms with E-state index in [0.29, 0.717) is 0 Å². The Labute approximate surface area is 88.9 Å². The summed E-state index contributed by atoms with van der Waals surface area (Å²) in [4.78, 5) is 0. The largest absolute Gasteiger partial charge is 2.00 e. The van der Waals surface area contributed by atoms with E-state index < -0.39 is 0 Å². The van der Waals surface area contributed by atoms with Gasteiger partial charge in [-0.05, 0) is 0 Å². The second kappa shape index (κ2) is 16.2. The first-order valence-electron chi connectivity index (χ1n) is 2.32. The van der Waals surface area contributed by atoms with Crippen LogP contribution in [0.2, 0.25) is 0 Å². The third-order valence-corrected chi connectivity index (χ3v) is 0.607. The van der Waals surface area contributed by atoms with Crippen LogP contribution in [0.3, 0.4) is 0 Å². The van der Waals surface area contributed by atoms with Gasteiger partial charge < -0.3 is 5.73 Å². The summed E-state index contributed by atoms with van der Waals surface area (Å²) >= 11 is 0. The molecular weight excluding hydrogens is 202 g/mol. The van der Waals surface area contributed by atoms with Crippen molar-refractivity contribution >= 4 is 40.0 Å². The maximum absolute atomic E-state index is 4.25. The van der Waals surface area contributed by atoms with Crippen LogP contribution in [0.4, 0.5) is 0 Å². The van der Waals surface area contributed by atoms with E-state index in [2.05, 4.69) is 18.8 Å². The third-order valence-electron chi connectivity index (χ3n) is 0.607. The monoisotopic (exact) mass is 211 g/mol. The summed E-state index contributed by atoms with van der Waals surface area (Å²) < 4.78 is 0. The SMILES string of the molecule is Br.[CH2-]N.[Mg+2].[c-]1ccccc1. The van der Waals surface area contributed by atoms with Gasteiger partial charge in [-0.2, -0.15) is 36.4 Å². The second-order valence-electron chi connectivity index (χ2n) is 1.08. The van der Waals surface area contributed by atoms with Gasteiger partial charge in [0.05, 0.1) is 0 Å². The van der Waals surface area contributed by atoms with Crippen LogP contribution in [0.5, 0.6) is 0 Å². The van der Waals surface area contributed by atoms with Crippen molar-refractivity contribution in [2.45, 2.75) is 0 Å². The summed E-state index contributed by atoms with van der Waals surface area (Å²) in [7, 11) is 2.75. The summed E-state index contributed by atoms with van der Waals surface area (Å²) in [6.45, 7) is 0. The second-order valence-corrected chi connectivity index (χ2v) is 1.08. The Morgan fingerprint density at radius 2 is 1.40 bits per heavy atom. The topological polar surface area (TPSA) is 26.0 Å². The zero-order chi connectivity index (χ0) is 6.24. The third kappa shape index (κ3) is 11.3. The first-order chi connectivity index (χ1) is 4.00. The molecule has 52 valence electrons. The number of hydrogen-bond donors (Lipinski definition) is 1. The maximum atomic E-state index is 4.25. The van der Waals surface area contributed by atoms with Crippen molar-refractivity contribution in [3.63, 3.8) is 0 Å². The molecule has 0 heterocycles. The van der Waals surface area contributed by atoms with Gasteiger partial charge in [0.15, 0.2) is 0 Å². The van der Waals surface area contributed by atoms with Crippen molar-refractivity contribution in [2.75, 3.05) is 0 Å². The minimum Gasteiger partial charge on any atom is -0.486 e. The number of halogens is 1. The molecule has 1 rings (SSSR count). The fourth-order valence-corrected chi connectivity index (χ4v) is 0.342. The molecule has 0 atom stereocenters. The van der Waals surface area contributed by atoms with Crippen molar-refractivity contribution in [3.05, 3.63) is 43.4 Å². The Kier molecular flexibility index (Phi) is 27.2. The van der Waals surface area contributed by atoms with E-state index in [1.54, 1.807) is 0 Å². The van der Waals surface area contributed by atoms with Crippen LogP contribution in [-0.2, 0) is 0 Å². The Balaban J connectivity index is -0.000000114. The molecule has 0 radical (unpaired) electrons. The summed E-state index contributed by atoms with van der Waals surface area (Å²) in [5.74, 6) is 0. The van der Waals surface area contributed by atoms with Crippen LogP contribution in [0, 0.1) is 13.1 Å². The molecule has 0 fully saturated rings. The first kappa shape index (κ1) is 16.8. The summed E-state index contributed by atoms with van der Waals surface area (Å²) in [5.41, 5.74) is 4.25. The summed E-state index contributed by atoms with van der Waals surface area (Å²) in [6.07, 6.45) is 0. The van der Waals surface area contributed by atoms with Gasteiger partial charge >= 0.3 is 23.1 Å². The summed E-state index contributed by atoms with van der Waals surface area (Å²) in [5, 5.41) is 0. The minimum absolute atomic E-state index is 0. The van der Waals surface area contributed by atoms with Gasteiger partial charge in [0, 0.05) is 0 Å². The number of nitrogens with two attached hydrogens (primary N) is 1. The van der Waals surface area contributed by atoms with Crippen molar-refractivity contribution < 1.29 is 0 Å². The van der Waals surface area contributed by atoms with Gasteiger partial charge in [-0.25, -0.2) is 0 Å². The van der Waals surface area contributed by atoms with Gasteiger partial charge in [0.25, 0.3) is 0 Å². The molecule has 0 amide bonds. The van der Waals surface area contributed by atoms with Crippen molar-refractivity contribution in [1.29, 1.82) is 0 Å². The predicted octanol–water partition coefficient (Wildman–Crippen LogP) is 1.42. The Hall–Kier alpha value is 0.426. The van der Waals surface area contributed by atoms with Crippen LogP contribution in [0.25, 0.3) is 0 Å². The van der Waals surface area contributed by atoms with Crippen LogP contribution < -0.4 is 5.73 Å². The van der Waals surface area contributed by atoms with Gasteiger partial charge in [-0.3, -0.25) is 7.05 Å².